The highest BCUT2D eigenvalue weighted by Gasteiger charge is 2.18. The number of hydrogen-bond acceptors (Lipinski definition) is 5. The van der Waals surface area contributed by atoms with Crippen molar-refractivity contribution in [3.8, 4) is 0 Å². The van der Waals surface area contributed by atoms with Crippen LogP contribution in [-0.2, 0) is 16.1 Å². The molecule has 7 nitrogen and oxygen atoms in total. The number of piperidine rings is 1. The van der Waals surface area contributed by atoms with Crippen LogP contribution in [0.4, 0.5) is 11.4 Å². The SMILES string of the molecule is COC1CCN(c2ccc(NC(=O)Cn3ncccc3=O)cc2)CC1. The quantitative estimate of drug-likeness (QED) is 0.891. The number of carbonyl (C=O) groups excluding carboxylic acids is 1. The second-order valence-corrected chi connectivity index (χ2v) is 6.04. The molecule has 0 bridgehead atoms. The Labute approximate surface area is 146 Å². The molecule has 7 heteroatoms. The summed E-state index contributed by atoms with van der Waals surface area (Å²) < 4.78 is 6.52. The van der Waals surface area contributed by atoms with E-state index in [-0.39, 0.29) is 18.0 Å². The topological polar surface area (TPSA) is 76.5 Å². The van der Waals surface area contributed by atoms with Crippen molar-refractivity contribution < 1.29 is 9.53 Å². The van der Waals surface area contributed by atoms with Crippen molar-refractivity contribution in [2.24, 2.45) is 0 Å². The summed E-state index contributed by atoms with van der Waals surface area (Å²) in [4.78, 5) is 25.9. The summed E-state index contributed by atoms with van der Waals surface area (Å²) >= 11 is 0. The molecule has 0 radical (unpaired) electrons. The van der Waals surface area contributed by atoms with Gasteiger partial charge in [0.25, 0.3) is 5.56 Å². The molecular weight excluding hydrogens is 320 g/mol. The molecule has 2 heterocycles. The Kier molecular flexibility index (Phi) is 5.45. The third-order valence-electron chi connectivity index (χ3n) is 4.37. The third-order valence-corrected chi connectivity index (χ3v) is 4.37. The second-order valence-electron chi connectivity index (χ2n) is 6.04. The van der Waals surface area contributed by atoms with Crippen molar-refractivity contribution in [1.82, 2.24) is 9.78 Å². The molecule has 0 unspecified atom stereocenters. The Balaban J connectivity index is 1.56. The van der Waals surface area contributed by atoms with E-state index in [0.29, 0.717) is 11.8 Å². The highest BCUT2D eigenvalue weighted by Crippen LogP contribution is 2.22. The van der Waals surface area contributed by atoms with Crippen LogP contribution in [0.2, 0.25) is 0 Å². The fraction of sp³-hybridized carbons (Fsp3) is 0.389. The minimum atomic E-state index is -0.299. The van der Waals surface area contributed by atoms with Gasteiger partial charge < -0.3 is 15.0 Å². The molecule has 1 fully saturated rings. The Morgan fingerprint density at radius 1 is 1.24 bits per heavy atom. The molecule has 1 N–H and O–H groups in total. The first kappa shape index (κ1) is 17.2. The summed E-state index contributed by atoms with van der Waals surface area (Å²) in [5.41, 5.74) is 1.53. The van der Waals surface area contributed by atoms with Gasteiger partial charge in [-0.2, -0.15) is 5.10 Å². The van der Waals surface area contributed by atoms with E-state index in [1.54, 1.807) is 13.2 Å². The lowest BCUT2D eigenvalue weighted by Gasteiger charge is -2.33. The fourth-order valence-corrected chi connectivity index (χ4v) is 2.95. The first-order valence-corrected chi connectivity index (χ1v) is 8.35. The van der Waals surface area contributed by atoms with Gasteiger partial charge in [0.15, 0.2) is 0 Å². The number of methoxy groups -OCH3 is 1. The van der Waals surface area contributed by atoms with Crippen molar-refractivity contribution in [2.45, 2.75) is 25.5 Å². The van der Waals surface area contributed by atoms with Gasteiger partial charge in [0.2, 0.25) is 5.91 Å². The van der Waals surface area contributed by atoms with Crippen molar-refractivity contribution in [3.63, 3.8) is 0 Å². The summed E-state index contributed by atoms with van der Waals surface area (Å²) in [5.74, 6) is -0.283. The number of aromatic nitrogens is 2. The number of nitrogens with zero attached hydrogens (tertiary/aromatic N) is 3. The predicted molar refractivity (Wildman–Crippen MR) is 95.8 cm³/mol. The van der Waals surface area contributed by atoms with E-state index in [4.69, 9.17) is 4.74 Å². The lowest BCUT2D eigenvalue weighted by molar-refractivity contribution is -0.117. The Hall–Kier alpha value is -2.67. The molecule has 0 atom stereocenters. The number of rotatable bonds is 5. The van der Waals surface area contributed by atoms with Crippen molar-refractivity contribution >= 4 is 17.3 Å². The van der Waals surface area contributed by atoms with E-state index in [2.05, 4.69) is 15.3 Å². The van der Waals surface area contributed by atoms with Crippen LogP contribution in [0.3, 0.4) is 0 Å². The van der Waals surface area contributed by atoms with E-state index >= 15 is 0 Å². The molecule has 2 aromatic rings. The van der Waals surface area contributed by atoms with Crippen LogP contribution >= 0.6 is 0 Å². The van der Waals surface area contributed by atoms with E-state index < -0.39 is 0 Å². The molecule has 1 aliphatic rings. The standard InChI is InChI=1S/C18H22N4O3/c1-25-16-8-11-21(12-9-16)15-6-4-14(5-7-15)20-17(23)13-22-18(24)3-2-10-19-22/h2-7,10,16H,8-9,11-13H2,1H3,(H,20,23). The van der Waals surface area contributed by atoms with Gasteiger partial charge >= 0.3 is 0 Å². The molecule has 0 saturated carbocycles. The lowest BCUT2D eigenvalue weighted by Crippen LogP contribution is -2.36. The zero-order valence-corrected chi connectivity index (χ0v) is 14.2. The molecule has 1 aromatic heterocycles. The Morgan fingerprint density at radius 2 is 1.96 bits per heavy atom. The van der Waals surface area contributed by atoms with Gasteiger partial charge in [0.1, 0.15) is 6.54 Å². The average molecular weight is 342 g/mol. The molecule has 132 valence electrons. The Morgan fingerprint density at radius 3 is 2.60 bits per heavy atom. The monoisotopic (exact) mass is 342 g/mol. The molecule has 1 amide bonds. The van der Waals surface area contributed by atoms with Crippen LogP contribution in [-0.4, -0.2) is 42.0 Å². The maximum Gasteiger partial charge on any atom is 0.267 e. The predicted octanol–water partition coefficient (Wildman–Crippen LogP) is 1.50. The van der Waals surface area contributed by atoms with Crippen molar-refractivity contribution in [1.29, 1.82) is 0 Å². The lowest BCUT2D eigenvalue weighted by atomic mass is 10.1. The molecule has 1 aromatic carbocycles. The summed E-state index contributed by atoms with van der Waals surface area (Å²) in [6, 6.07) is 10.7. The maximum absolute atomic E-state index is 12.1. The van der Waals surface area contributed by atoms with Gasteiger partial charge in [-0.15, -0.1) is 0 Å². The van der Waals surface area contributed by atoms with Gasteiger partial charge in [-0.25, -0.2) is 4.68 Å². The number of benzene rings is 1. The molecule has 1 aliphatic heterocycles. The number of ether oxygens (including phenoxy) is 1. The van der Waals surface area contributed by atoms with Gasteiger partial charge in [0.05, 0.1) is 6.10 Å². The highest BCUT2D eigenvalue weighted by atomic mass is 16.5. The molecule has 0 spiro atoms. The van der Waals surface area contributed by atoms with E-state index in [1.165, 1.54) is 12.3 Å². The highest BCUT2D eigenvalue weighted by molar-refractivity contribution is 5.90. The summed E-state index contributed by atoms with van der Waals surface area (Å²) in [6.07, 6.45) is 3.88. The summed E-state index contributed by atoms with van der Waals surface area (Å²) in [7, 11) is 1.76. The molecular formula is C18H22N4O3. The van der Waals surface area contributed by atoms with Crippen LogP contribution in [0.25, 0.3) is 0 Å². The first-order chi connectivity index (χ1) is 12.2. The number of amides is 1. The zero-order valence-electron chi connectivity index (χ0n) is 14.2. The van der Waals surface area contributed by atoms with E-state index in [9.17, 15) is 9.59 Å². The van der Waals surface area contributed by atoms with E-state index in [0.717, 1.165) is 36.3 Å². The van der Waals surface area contributed by atoms with Gasteiger partial charge in [-0.05, 0) is 43.2 Å². The molecule has 0 aliphatic carbocycles. The van der Waals surface area contributed by atoms with Crippen LogP contribution in [0, 0.1) is 0 Å². The molecule has 25 heavy (non-hydrogen) atoms. The second kappa shape index (κ2) is 7.94. The number of anilines is 2. The normalized spacial score (nSPS) is 15.2. The van der Waals surface area contributed by atoms with Crippen LogP contribution in [0.15, 0.2) is 47.4 Å². The average Bonchev–Trinajstić information content (AvgIpc) is 2.64. The minimum absolute atomic E-state index is 0.105. The van der Waals surface area contributed by atoms with Crippen molar-refractivity contribution in [3.05, 3.63) is 52.9 Å². The summed E-state index contributed by atoms with van der Waals surface area (Å²) in [5, 5.41) is 6.66. The first-order valence-electron chi connectivity index (χ1n) is 8.35. The van der Waals surface area contributed by atoms with Gasteiger partial charge in [0, 0.05) is 43.8 Å². The number of carbonyl (C=O) groups is 1. The zero-order chi connectivity index (χ0) is 17.6. The van der Waals surface area contributed by atoms with Gasteiger partial charge in [-0.3, -0.25) is 9.59 Å². The van der Waals surface area contributed by atoms with Crippen LogP contribution in [0.1, 0.15) is 12.8 Å². The Bertz CT molecular complexity index is 764. The maximum atomic E-state index is 12.1. The number of hydrogen-bond donors (Lipinski definition) is 1. The summed E-state index contributed by atoms with van der Waals surface area (Å²) in [6.45, 7) is 1.82. The number of nitrogens with one attached hydrogen (secondary N) is 1. The van der Waals surface area contributed by atoms with Gasteiger partial charge in [-0.1, -0.05) is 0 Å². The third kappa shape index (κ3) is 4.45. The molecule has 3 rings (SSSR count). The van der Waals surface area contributed by atoms with Crippen LogP contribution < -0.4 is 15.8 Å². The fourth-order valence-electron chi connectivity index (χ4n) is 2.95. The van der Waals surface area contributed by atoms with Crippen LogP contribution in [0.5, 0.6) is 0 Å². The largest absolute Gasteiger partial charge is 0.381 e. The van der Waals surface area contributed by atoms with Crippen molar-refractivity contribution in [2.75, 3.05) is 30.4 Å². The molecule has 1 saturated heterocycles. The minimum Gasteiger partial charge on any atom is -0.381 e. The smallest absolute Gasteiger partial charge is 0.267 e. The van der Waals surface area contributed by atoms with E-state index in [1.807, 2.05) is 24.3 Å².